The molecule has 0 amide bonds. The maximum Gasteiger partial charge on any atom is 0.389 e. The average Bonchev–Trinajstić information content (AvgIpc) is 3.43. The first-order chi connectivity index (χ1) is 16.3. The number of aromatic nitrogens is 4. The molecule has 6 nitrogen and oxygen atoms in total. The van der Waals surface area contributed by atoms with Gasteiger partial charge in [-0.15, -0.1) is 0 Å². The van der Waals surface area contributed by atoms with E-state index in [-0.39, 0.29) is 13.0 Å². The minimum Gasteiger partial charge on any atom is -0.395 e. The molecule has 0 bridgehead atoms. The van der Waals surface area contributed by atoms with Crippen molar-refractivity contribution in [2.24, 2.45) is 0 Å². The second-order valence-electron chi connectivity index (χ2n) is 7.74. The number of Topliss-reactive ketones (excluding diaryl/α,β-unsaturated/α-hetero) is 1. The highest BCUT2D eigenvalue weighted by Crippen LogP contribution is 2.24. The van der Waals surface area contributed by atoms with Crippen molar-refractivity contribution in [1.29, 1.82) is 0 Å². The van der Waals surface area contributed by atoms with Crippen LogP contribution in [-0.4, -0.2) is 42.6 Å². The number of aliphatic hydroxyl groups excluding tert-OH is 1. The number of aliphatic hydroxyl groups is 1. The van der Waals surface area contributed by atoms with Gasteiger partial charge in [-0.25, -0.2) is 9.97 Å². The van der Waals surface area contributed by atoms with Gasteiger partial charge >= 0.3 is 6.18 Å². The zero-order valence-electron chi connectivity index (χ0n) is 18.1. The molecule has 9 heteroatoms. The maximum atomic E-state index is 12.4. The Labute approximate surface area is 193 Å². The number of fused-ring (bicyclic) bond motifs is 1. The van der Waals surface area contributed by atoms with Crippen LogP contribution in [0.4, 0.5) is 13.2 Å². The number of alkyl halides is 3. The van der Waals surface area contributed by atoms with Crippen LogP contribution in [0.3, 0.4) is 0 Å². The van der Waals surface area contributed by atoms with Crippen molar-refractivity contribution < 1.29 is 23.1 Å². The van der Waals surface area contributed by atoms with Crippen molar-refractivity contribution in [2.45, 2.75) is 32.0 Å². The molecule has 0 aliphatic carbocycles. The fourth-order valence-corrected chi connectivity index (χ4v) is 3.56. The predicted octanol–water partition coefficient (Wildman–Crippen LogP) is 4.04. The van der Waals surface area contributed by atoms with Gasteiger partial charge in [0.1, 0.15) is 11.4 Å². The van der Waals surface area contributed by atoms with Gasteiger partial charge < -0.3 is 9.67 Å². The number of ketones is 1. The molecule has 174 valence electrons. The first kappa shape index (κ1) is 23.3. The molecular formula is C25H21F3N4O2. The highest BCUT2D eigenvalue weighted by molar-refractivity contribution is 5.81. The number of carbonyl (C=O) groups excluding carboxylic acids is 1. The van der Waals surface area contributed by atoms with Crippen LogP contribution in [0.25, 0.3) is 16.9 Å². The van der Waals surface area contributed by atoms with Crippen molar-refractivity contribution in [3.05, 3.63) is 78.1 Å². The maximum absolute atomic E-state index is 12.4. The van der Waals surface area contributed by atoms with Crippen LogP contribution in [0.15, 0.2) is 61.2 Å². The highest BCUT2D eigenvalue weighted by Gasteiger charge is 2.27. The summed E-state index contributed by atoms with van der Waals surface area (Å²) >= 11 is 0. The van der Waals surface area contributed by atoms with E-state index in [0.29, 0.717) is 23.6 Å². The fraction of sp³-hybridized carbons (Fsp3) is 0.240. The van der Waals surface area contributed by atoms with E-state index in [2.05, 4.69) is 21.8 Å². The van der Waals surface area contributed by atoms with Gasteiger partial charge in [0.15, 0.2) is 5.82 Å². The molecule has 0 aliphatic heterocycles. The summed E-state index contributed by atoms with van der Waals surface area (Å²) in [6.07, 6.45) is 0.906. The quantitative estimate of drug-likeness (QED) is 0.417. The minimum absolute atomic E-state index is 0.00320. The molecule has 1 aromatic carbocycles. The summed E-state index contributed by atoms with van der Waals surface area (Å²) in [6, 6.07) is 10.8. The molecule has 1 N–H and O–H groups in total. The number of hydrogen-bond donors (Lipinski definition) is 1. The van der Waals surface area contributed by atoms with Crippen LogP contribution < -0.4 is 0 Å². The van der Waals surface area contributed by atoms with Gasteiger partial charge in [-0.3, -0.25) is 9.20 Å². The zero-order chi connectivity index (χ0) is 24.1. The minimum atomic E-state index is -4.34. The molecule has 0 atom stereocenters. The zero-order valence-corrected chi connectivity index (χ0v) is 18.1. The summed E-state index contributed by atoms with van der Waals surface area (Å²) in [5, 5.41) is 9.11. The van der Waals surface area contributed by atoms with E-state index in [1.807, 2.05) is 28.8 Å². The Morgan fingerprint density at radius 2 is 1.94 bits per heavy atom. The highest BCUT2D eigenvalue weighted by atomic mass is 19.4. The van der Waals surface area contributed by atoms with Crippen LogP contribution in [0.2, 0.25) is 0 Å². The normalized spacial score (nSPS) is 11.4. The number of nitrogens with zero attached hydrogens (tertiary/aromatic N) is 4. The monoisotopic (exact) mass is 466 g/mol. The van der Waals surface area contributed by atoms with Gasteiger partial charge in [-0.1, -0.05) is 24.1 Å². The van der Waals surface area contributed by atoms with Crippen LogP contribution in [0.5, 0.6) is 0 Å². The summed E-state index contributed by atoms with van der Waals surface area (Å²) in [5.41, 5.74) is 3.66. The third kappa shape index (κ3) is 5.71. The van der Waals surface area contributed by atoms with Gasteiger partial charge in [0.05, 0.1) is 24.9 Å². The Bertz CT molecular complexity index is 1380. The van der Waals surface area contributed by atoms with Gasteiger partial charge in [0.25, 0.3) is 0 Å². The third-order valence-electron chi connectivity index (χ3n) is 5.20. The van der Waals surface area contributed by atoms with Gasteiger partial charge in [0.2, 0.25) is 0 Å². The lowest BCUT2D eigenvalue weighted by molar-refractivity contribution is -0.143. The molecule has 4 aromatic rings. The molecule has 34 heavy (non-hydrogen) atoms. The Morgan fingerprint density at radius 1 is 1.09 bits per heavy atom. The van der Waals surface area contributed by atoms with Crippen LogP contribution in [0, 0.1) is 11.8 Å². The van der Waals surface area contributed by atoms with Crippen LogP contribution >= 0.6 is 0 Å². The molecule has 0 fully saturated rings. The number of carbonyl (C=O) groups is 1. The number of benzene rings is 1. The Balaban J connectivity index is 1.53. The summed E-state index contributed by atoms with van der Waals surface area (Å²) in [4.78, 5) is 20.6. The van der Waals surface area contributed by atoms with Gasteiger partial charge in [0, 0.05) is 49.1 Å². The van der Waals surface area contributed by atoms with E-state index >= 15 is 0 Å². The molecule has 0 spiro atoms. The molecule has 0 saturated heterocycles. The Morgan fingerprint density at radius 3 is 2.74 bits per heavy atom. The van der Waals surface area contributed by atoms with E-state index in [4.69, 9.17) is 5.11 Å². The number of pyridine rings is 1. The van der Waals surface area contributed by atoms with Crippen molar-refractivity contribution in [3.63, 3.8) is 0 Å². The van der Waals surface area contributed by atoms with Crippen LogP contribution in [-0.2, 0) is 17.8 Å². The van der Waals surface area contributed by atoms with E-state index in [0.717, 1.165) is 16.8 Å². The van der Waals surface area contributed by atoms with E-state index in [1.165, 1.54) is 0 Å². The SMILES string of the molecule is O=C(CCC(F)(F)F)Cc1cccc(-c2cnc3cc(C#Cc4nccn4CCO)ccn23)c1. The molecule has 3 heterocycles. The molecule has 0 saturated carbocycles. The topological polar surface area (TPSA) is 72.4 Å². The summed E-state index contributed by atoms with van der Waals surface area (Å²) in [7, 11) is 0. The van der Waals surface area contributed by atoms with Crippen molar-refractivity contribution in [1.82, 2.24) is 18.9 Å². The molecular weight excluding hydrogens is 445 g/mol. The molecule has 0 radical (unpaired) electrons. The number of hydrogen-bond acceptors (Lipinski definition) is 4. The number of rotatable bonds is 7. The standard InChI is InChI=1S/C25H21F3N4O2/c26-25(27,28)8-6-21(34)15-19-2-1-3-20(14-19)22-17-30-24-16-18(7-10-32(22)24)4-5-23-29-9-11-31(23)12-13-33/h1-3,7,9-11,14,16-17,33H,6,8,12-13,15H2. The van der Waals surface area contributed by atoms with E-state index in [1.54, 1.807) is 41.4 Å². The lowest BCUT2D eigenvalue weighted by Crippen LogP contribution is -2.12. The van der Waals surface area contributed by atoms with Crippen molar-refractivity contribution in [2.75, 3.05) is 6.61 Å². The van der Waals surface area contributed by atoms with Crippen molar-refractivity contribution in [3.8, 4) is 23.1 Å². The summed E-state index contributed by atoms with van der Waals surface area (Å²) < 4.78 is 40.7. The van der Waals surface area contributed by atoms with E-state index < -0.39 is 24.8 Å². The summed E-state index contributed by atoms with van der Waals surface area (Å²) in [5.74, 6) is 6.16. The Kier molecular flexibility index (Phi) is 6.80. The lowest BCUT2D eigenvalue weighted by Gasteiger charge is -2.07. The largest absolute Gasteiger partial charge is 0.395 e. The molecule has 0 aliphatic rings. The number of halogens is 3. The third-order valence-corrected chi connectivity index (χ3v) is 5.20. The lowest BCUT2D eigenvalue weighted by atomic mass is 10.0. The molecule has 3 aromatic heterocycles. The van der Waals surface area contributed by atoms with Crippen molar-refractivity contribution >= 4 is 11.4 Å². The second-order valence-corrected chi connectivity index (χ2v) is 7.74. The average molecular weight is 466 g/mol. The van der Waals surface area contributed by atoms with Gasteiger partial charge in [-0.2, -0.15) is 13.2 Å². The predicted molar refractivity (Wildman–Crippen MR) is 120 cm³/mol. The summed E-state index contributed by atoms with van der Waals surface area (Å²) in [6.45, 7) is 0.413. The second kappa shape index (κ2) is 9.93. The number of imidazole rings is 2. The van der Waals surface area contributed by atoms with Crippen LogP contribution in [0.1, 0.15) is 29.8 Å². The molecule has 4 rings (SSSR count). The van der Waals surface area contributed by atoms with E-state index in [9.17, 15) is 18.0 Å². The first-order valence-corrected chi connectivity index (χ1v) is 10.6. The fourth-order valence-electron chi connectivity index (χ4n) is 3.56. The smallest absolute Gasteiger partial charge is 0.389 e. The molecule has 0 unspecified atom stereocenters. The van der Waals surface area contributed by atoms with Gasteiger partial charge in [-0.05, 0) is 29.7 Å². The first-order valence-electron chi connectivity index (χ1n) is 10.6. The Hall–Kier alpha value is -3.90.